The Hall–Kier alpha value is -3.54. The Balaban J connectivity index is 1.64. The molecule has 0 heterocycles. The maximum atomic E-state index is 14.3. The van der Waals surface area contributed by atoms with Crippen LogP contribution in [0.2, 0.25) is 5.02 Å². The number of rotatable bonds is 10. The molecule has 0 N–H and O–H groups in total. The quantitative estimate of drug-likeness (QED) is 0.225. The number of hydrogen-bond donors (Lipinski definition) is 0. The minimum Gasteiger partial charge on any atom is -0.497 e. The van der Waals surface area contributed by atoms with Crippen molar-refractivity contribution in [2.75, 3.05) is 7.11 Å². The summed E-state index contributed by atoms with van der Waals surface area (Å²) in [6, 6.07) is 28.4. The number of benzene rings is 4. The lowest BCUT2D eigenvalue weighted by molar-refractivity contribution is -0.0257. The average Bonchev–Trinajstić information content (AvgIpc) is 2.88. The lowest BCUT2D eigenvalue weighted by Crippen LogP contribution is -2.25. The third kappa shape index (κ3) is 6.53. The molecule has 4 nitrogen and oxygen atoms in total. The Kier molecular flexibility index (Phi) is 8.24. The second-order valence-electron chi connectivity index (χ2n) is 7.93. The number of methoxy groups -OCH3 is 1. The van der Waals surface area contributed by atoms with Gasteiger partial charge < -0.3 is 18.9 Å². The van der Waals surface area contributed by atoms with Gasteiger partial charge in [0, 0.05) is 11.6 Å². The van der Waals surface area contributed by atoms with Crippen LogP contribution in [0.3, 0.4) is 0 Å². The highest BCUT2D eigenvalue weighted by Gasteiger charge is 2.27. The van der Waals surface area contributed by atoms with Crippen molar-refractivity contribution in [3.05, 3.63) is 119 Å². The van der Waals surface area contributed by atoms with Gasteiger partial charge in [0.1, 0.15) is 28.8 Å². The van der Waals surface area contributed by atoms with Gasteiger partial charge in [0.2, 0.25) is 0 Å². The minimum atomic E-state index is -0.632. The van der Waals surface area contributed by atoms with E-state index in [9.17, 15) is 4.39 Å². The van der Waals surface area contributed by atoms with Gasteiger partial charge in [0.15, 0.2) is 6.10 Å². The molecule has 0 spiro atoms. The SMILES string of the molecule is COc1ccc(COC(C)C(Oc2ccccc2Cl)c2ccc(F)cc2Oc2ccccc2)cc1. The van der Waals surface area contributed by atoms with Crippen LogP contribution in [0.25, 0.3) is 0 Å². The van der Waals surface area contributed by atoms with Gasteiger partial charge in [0.25, 0.3) is 0 Å². The standard InChI is InChI=1S/C29H26ClFO4/c1-20(33-19-21-12-15-23(32-2)16-13-21)29(35-27-11-7-6-10-26(27)30)25-17-14-22(31)18-28(25)34-24-8-4-3-5-9-24/h3-18,20,29H,19H2,1-2H3. The van der Waals surface area contributed by atoms with Crippen LogP contribution in [0.15, 0.2) is 97.1 Å². The van der Waals surface area contributed by atoms with Crippen LogP contribution < -0.4 is 14.2 Å². The Morgan fingerprint density at radius 2 is 1.51 bits per heavy atom. The van der Waals surface area contributed by atoms with Gasteiger partial charge in [-0.25, -0.2) is 4.39 Å². The summed E-state index contributed by atoms with van der Waals surface area (Å²) in [7, 11) is 1.63. The first-order valence-corrected chi connectivity index (χ1v) is 11.6. The fourth-order valence-corrected chi connectivity index (χ4v) is 3.75. The summed E-state index contributed by atoms with van der Waals surface area (Å²) >= 11 is 6.39. The molecule has 6 heteroatoms. The summed E-state index contributed by atoms with van der Waals surface area (Å²) in [4.78, 5) is 0. The molecule has 4 rings (SSSR count). The number of para-hydroxylation sites is 2. The van der Waals surface area contributed by atoms with Crippen molar-refractivity contribution in [1.82, 2.24) is 0 Å². The highest BCUT2D eigenvalue weighted by Crippen LogP contribution is 2.37. The molecule has 0 aromatic heterocycles. The predicted octanol–water partition coefficient (Wildman–Crippen LogP) is 8.01. The van der Waals surface area contributed by atoms with E-state index in [0.29, 0.717) is 34.4 Å². The summed E-state index contributed by atoms with van der Waals surface area (Å²) in [6.45, 7) is 2.25. The zero-order valence-corrected chi connectivity index (χ0v) is 20.2. The monoisotopic (exact) mass is 492 g/mol. The van der Waals surface area contributed by atoms with Crippen LogP contribution >= 0.6 is 11.6 Å². The molecular weight excluding hydrogens is 467 g/mol. The summed E-state index contributed by atoms with van der Waals surface area (Å²) < 4.78 is 38.1. The molecule has 35 heavy (non-hydrogen) atoms. The maximum Gasteiger partial charge on any atom is 0.153 e. The van der Waals surface area contributed by atoms with Crippen molar-refractivity contribution in [2.45, 2.75) is 25.7 Å². The van der Waals surface area contributed by atoms with E-state index in [1.54, 1.807) is 25.3 Å². The molecule has 0 aliphatic heterocycles. The molecule has 4 aromatic rings. The highest BCUT2D eigenvalue weighted by molar-refractivity contribution is 6.32. The predicted molar refractivity (Wildman–Crippen MR) is 135 cm³/mol. The second kappa shape index (κ2) is 11.7. The van der Waals surface area contributed by atoms with E-state index in [1.165, 1.54) is 12.1 Å². The van der Waals surface area contributed by atoms with E-state index in [2.05, 4.69) is 0 Å². The smallest absolute Gasteiger partial charge is 0.153 e. The lowest BCUT2D eigenvalue weighted by Gasteiger charge is -2.28. The molecule has 0 aliphatic carbocycles. The molecule has 2 unspecified atom stereocenters. The van der Waals surface area contributed by atoms with Gasteiger partial charge in [0.05, 0.1) is 24.8 Å². The molecule has 0 fully saturated rings. The van der Waals surface area contributed by atoms with Gasteiger partial charge in [-0.05, 0) is 61.0 Å². The lowest BCUT2D eigenvalue weighted by atomic mass is 10.0. The highest BCUT2D eigenvalue weighted by atomic mass is 35.5. The zero-order chi connectivity index (χ0) is 24.6. The Labute approximate surface area is 209 Å². The van der Waals surface area contributed by atoms with Crippen molar-refractivity contribution >= 4 is 11.6 Å². The largest absolute Gasteiger partial charge is 0.497 e. The maximum absolute atomic E-state index is 14.3. The van der Waals surface area contributed by atoms with E-state index >= 15 is 0 Å². The number of hydrogen-bond acceptors (Lipinski definition) is 4. The molecule has 0 saturated heterocycles. The van der Waals surface area contributed by atoms with E-state index in [4.69, 9.17) is 30.5 Å². The van der Waals surface area contributed by atoms with Crippen molar-refractivity contribution < 1.29 is 23.3 Å². The normalized spacial score (nSPS) is 12.6. The van der Waals surface area contributed by atoms with E-state index in [0.717, 1.165) is 11.3 Å². The molecule has 2 atom stereocenters. The van der Waals surface area contributed by atoms with Crippen molar-refractivity contribution in [3.63, 3.8) is 0 Å². The zero-order valence-electron chi connectivity index (χ0n) is 19.5. The molecule has 0 amide bonds. The fourth-order valence-electron chi connectivity index (χ4n) is 3.57. The van der Waals surface area contributed by atoms with Gasteiger partial charge in [-0.2, -0.15) is 0 Å². The summed E-state index contributed by atoms with van der Waals surface area (Å²) in [5.74, 6) is 1.78. The topological polar surface area (TPSA) is 36.9 Å². The van der Waals surface area contributed by atoms with Crippen LogP contribution in [-0.4, -0.2) is 13.2 Å². The molecule has 4 aromatic carbocycles. The summed E-state index contributed by atoms with van der Waals surface area (Å²) in [5, 5.41) is 0.465. The van der Waals surface area contributed by atoms with Crippen LogP contribution in [0, 0.1) is 5.82 Å². The van der Waals surface area contributed by atoms with Crippen molar-refractivity contribution in [2.24, 2.45) is 0 Å². The van der Waals surface area contributed by atoms with Gasteiger partial charge in [-0.3, -0.25) is 0 Å². The van der Waals surface area contributed by atoms with Gasteiger partial charge in [-0.15, -0.1) is 0 Å². The third-order valence-corrected chi connectivity index (χ3v) is 5.75. The Morgan fingerprint density at radius 1 is 0.800 bits per heavy atom. The van der Waals surface area contributed by atoms with E-state index in [1.807, 2.05) is 73.7 Å². The van der Waals surface area contributed by atoms with Crippen LogP contribution in [0.1, 0.15) is 24.2 Å². The van der Waals surface area contributed by atoms with Crippen LogP contribution in [-0.2, 0) is 11.3 Å². The van der Waals surface area contributed by atoms with Gasteiger partial charge >= 0.3 is 0 Å². The molecular formula is C29H26ClFO4. The molecule has 180 valence electrons. The van der Waals surface area contributed by atoms with E-state index < -0.39 is 18.0 Å². The molecule has 0 bridgehead atoms. The molecule has 0 saturated carbocycles. The van der Waals surface area contributed by atoms with Crippen molar-refractivity contribution in [3.8, 4) is 23.0 Å². The first-order valence-electron chi connectivity index (χ1n) is 11.2. The third-order valence-electron chi connectivity index (χ3n) is 5.44. The van der Waals surface area contributed by atoms with E-state index in [-0.39, 0.29) is 0 Å². The first-order chi connectivity index (χ1) is 17.0. The van der Waals surface area contributed by atoms with Crippen molar-refractivity contribution in [1.29, 1.82) is 0 Å². The van der Waals surface area contributed by atoms with Gasteiger partial charge in [-0.1, -0.05) is 54.1 Å². The fraction of sp³-hybridized carbons (Fsp3) is 0.172. The molecule has 0 radical (unpaired) electrons. The van der Waals surface area contributed by atoms with Crippen LogP contribution in [0.5, 0.6) is 23.0 Å². The number of halogens is 2. The minimum absolute atomic E-state index is 0.341. The summed E-state index contributed by atoms with van der Waals surface area (Å²) in [5.41, 5.74) is 1.62. The Bertz CT molecular complexity index is 1230. The summed E-state index contributed by atoms with van der Waals surface area (Å²) in [6.07, 6.45) is -1.07. The molecule has 0 aliphatic rings. The second-order valence-corrected chi connectivity index (χ2v) is 8.34. The number of ether oxygens (including phenoxy) is 4. The average molecular weight is 493 g/mol. The Morgan fingerprint density at radius 3 is 2.23 bits per heavy atom. The van der Waals surface area contributed by atoms with Crippen LogP contribution in [0.4, 0.5) is 4.39 Å². The first kappa shape index (κ1) is 24.6.